The van der Waals surface area contributed by atoms with Gasteiger partial charge in [-0.05, 0) is 43.3 Å². The van der Waals surface area contributed by atoms with Crippen LogP contribution in [-0.4, -0.2) is 20.9 Å². The average molecular weight is 335 g/mol. The van der Waals surface area contributed by atoms with Crippen LogP contribution in [0.2, 0.25) is 0 Å². The molecule has 0 atom stereocenters. The van der Waals surface area contributed by atoms with Crippen LogP contribution >= 0.6 is 0 Å². The van der Waals surface area contributed by atoms with Gasteiger partial charge in [-0.1, -0.05) is 12.1 Å². The minimum absolute atomic E-state index is 0.00131. The summed E-state index contributed by atoms with van der Waals surface area (Å²) in [4.78, 5) is 11.2. The summed E-state index contributed by atoms with van der Waals surface area (Å²) in [7, 11) is -4.01. The van der Waals surface area contributed by atoms with E-state index in [4.69, 9.17) is 8.92 Å². The number of amides is 1. The smallest absolute Gasteiger partial charge is 0.339 e. The zero-order chi connectivity index (χ0) is 16.9. The van der Waals surface area contributed by atoms with E-state index in [1.807, 2.05) is 6.92 Å². The second kappa shape index (κ2) is 7.15. The third-order valence-corrected chi connectivity index (χ3v) is 4.07. The summed E-state index contributed by atoms with van der Waals surface area (Å²) >= 11 is 0. The molecule has 2 aromatic carbocycles. The van der Waals surface area contributed by atoms with Gasteiger partial charge in [0.05, 0.1) is 12.3 Å². The lowest BCUT2D eigenvalue weighted by molar-refractivity contribution is -0.114. The number of hydrogen-bond acceptors (Lipinski definition) is 5. The van der Waals surface area contributed by atoms with Gasteiger partial charge in [0, 0.05) is 6.92 Å². The van der Waals surface area contributed by atoms with Gasteiger partial charge < -0.3 is 14.2 Å². The van der Waals surface area contributed by atoms with E-state index in [2.05, 4.69) is 5.32 Å². The second-order valence-electron chi connectivity index (χ2n) is 4.62. The minimum Gasteiger partial charge on any atom is -0.494 e. The Morgan fingerprint density at radius 3 is 2.35 bits per heavy atom. The summed E-state index contributed by atoms with van der Waals surface area (Å²) < 4.78 is 35.1. The van der Waals surface area contributed by atoms with Crippen molar-refractivity contribution in [2.45, 2.75) is 18.7 Å². The molecule has 1 N–H and O–H groups in total. The zero-order valence-corrected chi connectivity index (χ0v) is 13.6. The van der Waals surface area contributed by atoms with E-state index in [0.29, 0.717) is 12.4 Å². The van der Waals surface area contributed by atoms with E-state index in [9.17, 15) is 13.2 Å². The van der Waals surface area contributed by atoms with E-state index in [0.717, 1.165) is 0 Å². The molecule has 0 fully saturated rings. The molecule has 0 aromatic heterocycles. The molecule has 7 heteroatoms. The van der Waals surface area contributed by atoms with Gasteiger partial charge >= 0.3 is 10.1 Å². The van der Waals surface area contributed by atoms with Crippen molar-refractivity contribution in [3.63, 3.8) is 0 Å². The third kappa shape index (κ3) is 4.46. The lowest BCUT2D eigenvalue weighted by atomic mass is 10.3. The van der Waals surface area contributed by atoms with Crippen LogP contribution in [0.25, 0.3) is 0 Å². The first kappa shape index (κ1) is 16.8. The van der Waals surface area contributed by atoms with Crippen LogP contribution in [0.5, 0.6) is 11.5 Å². The molecule has 0 bridgehead atoms. The number of rotatable bonds is 6. The van der Waals surface area contributed by atoms with E-state index >= 15 is 0 Å². The van der Waals surface area contributed by atoms with Crippen LogP contribution < -0.4 is 14.2 Å². The zero-order valence-electron chi connectivity index (χ0n) is 12.8. The molecule has 2 aromatic rings. The fourth-order valence-corrected chi connectivity index (χ4v) is 2.82. The van der Waals surface area contributed by atoms with Gasteiger partial charge in [0.1, 0.15) is 10.6 Å². The summed E-state index contributed by atoms with van der Waals surface area (Å²) in [6.45, 7) is 3.66. The first-order valence-corrected chi connectivity index (χ1v) is 8.37. The lowest BCUT2D eigenvalue weighted by Crippen LogP contribution is -2.13. The van der Waals surface area contributed by atoms with Crippen molar-refractivity contribution in [1.29, 1.82) is 0 Å². The van der Waals surface area contributed by atoms with Crippen LogP contribution in [0.15, 0.2) is 53.4 Å². The van der Waals surface area contributed by atoms with Crippen molar-refractivity contribution in [3.05, 3.63) is 48.5 Å². The molecule has 0 saturated carbocycles. The molecule has 0 aliphatic rings. The fraction of sp³-hybridized carbons (Fsp3) is 0.188. The van der Waals surface area contributed by atoms with Crippen molar-refractivity contribution in [2.24, 2.45) is 0 Å². The largest absolute Gasteiger partial charge is 0.494 e. The molecule has 0 heterocycles. The summed E-state index contributed by atoms with van der Waals surface area (Å²) in [5.41, 5.74) is 0.287. The summed E-state index contributed by atoms with van der Waals surface area (Å²) in [6.07, 6.45) is 0. The van der Waals surface area contributed by atoms with E-state index in [-0.39, 0.29) is 22.2 Å². The Labute approximate surface area is 135 Å². The highest BCUT2D eigenvalue weighted by Gasteiger charge is 2.18. The molecule has 2 rings (SSSR count). The van der Waals surface area contributed by atoms with Gasteiger partial charge in [0.25, 0.3) is 0 Å². The minimum atomic E-state index is -4.01. The Balaban J connectivity index is 2.26. The van der Waals surface area contributed by atoms with Crippen LogP contribution in [0.1, 0.15) is 13.8 Å². The first-order chi connectivity index (χ1) is 10.9. The molecule has 1 amide bonds. The Kier molecular flexibility index (Phi) is 5.23. The van der Waals surface area contributed by atoms with Crippen molar-refractivity contribution < 1.29 is 22.1 Å². The molecule has 0 aliphatic heterocycles. The van der Waals surface area contributed by atoms with Gasteiger partial charge in [-0.25, -0.2) is 0 Å². The van der Waals surface area contributed by atoms with Crippen LogP contribution in [0.4, 0.5) is 5.69 Å². The van der Waals surface area contributed by atoms with Crippen molar-refractivity contribution in [3.8, 4) is 11.5 Å². The van der Waals surface area contributed by atoms with Gasteiger partial charge in [-0.3, -0.25) is 4.79 Å². The topological polar surface area (TPSA) is 81.7 Å². The van der Waals surface area contributed by atoms with Crippen LogP contribution in [-0.2, 0) is 14.9 Å². The number of ether oxygens (including phenoxy) is 1. The van der Waals surface area contributed by atoms with Crippen LogP contribution in [0, 0.1) is 0 Å². The Morgan fingerprint density at radius 1 is 1.09 bits per heavy atom. The van der Waals surface area contributed by atoms with Gasteiger partial charge in [0.2, 0.25) is 5.91 Å². The van der Waals surface area contributed by atoms with Crippen molar-refractivity contribution >= 4 is 21.7 Å². The first-order valence-electron chi connectivity index (χ1n) is 6.96. The molecule has 0 aliphatic carbocycles. The number of hydrogen-bond donors (Lipinski definition) is 1. The quantitative estimate of drug-likeness (QED) is 0.821. The lowest BCUT2D eigenvalue weighted by Gasteiger charge is -2.12. The number of para-hydroxylation sites is 2. The fourth-order valence-electron chi connectivity index (χ4n) is 1.87. The molecule has 0 spiro atoms. The maximum atomic E-state index is 12.3. The number of nitrogens with one attached hydrogen (secondary N) is 1. The van der Waals surface area contributed by atoms with E-state index in [1.165, 1.54) is 25.1 Å². The SMILES string of the molecule is CCOc1ccc(S(=O)(=O)Oc2ccccc2NC(C)=O)cc1. The number of carbonyl (C=O) groups excluding carboxylic acids is 1. The monoisotopic (exact) mass is 335 g/mol. The predicted octanol–water partition coefficient (Wildman–Crippen LogP) is 2.81. The van der Waals surface area contributed by atoms with Gasteiger partial charge in [0.15, 0.2) is 5.75 Å². The summed E-state index contributed by atoms with van der Waals surface area (Å²) in [5.74, 6) is 0.307. The summed E-state index contributed by atoms with van der Waals surface area (Å²) in [6, 6.07) is 12.2. The third-order valence-electron chi connectivity index (χ3n) is 2.82. The second-order valence-corrected chi connectivity index (χ2v) is 6.17. The molecule has 122 valence electrons. The molecule has 23 heavy (non-hydrogen) atoms. The van der Waals surface area contributed by atoms with Crippen molar-refractivity contribution in [1.82, 2.24) is 0 Å². The van der Waals surface area contributed by atoms with Gasteiger partial charge in [-0.15, -0.1) is 0 Å². The highest BCUT2D eigenvalue weighted by atomic mass is 32.2. The van der Waals surface area contributed by atoms with Crippen LogP contribution in [0.3, 0.4) is 0 Å². The molecule has 0 unspecified atom stereocenters. The number of benzene rings is 2. The molecule has 6 nitrogen and oxygen atoms in total. The van der Waals surface area contributed by atoms with Crippen molar-refractivity contribution in [2.75, 3.05) is 11.9 Å². The standard InChI is InChI=1S/C16H17NO5S/c1-3-21-13-8-10-14(11-9-13)23(19,20)22-16-7-5-4-6-15(16)17-12(2)18/h4-11H,3H2,1-2H3,(H,17,18). The predicted molar refractivity (Wildman–Crippen MR) is 86.2 cm³/mol. The Morgan fingerprint density at radius 2 is 1.74 bits per heavy atom. The number of carbonyl (C=O) groups is 1. The molecule has 0 saturated heterocycles. The average Bonchev–Trinajstić information content (AvgIpc) is 2.49. The Hall–Kier alpha value is -2.54. The molecule has 0 radical (unpaired) electrons. The maximum Gasteiger partial charge on any atom is 0.339 e. The molecular weight excluding hydrogens is 318 g/mol. The normalized spacial score (nSPS) is 10.9. The highest BCUT2D eigenvalue weighted by molar-refractivity contribution is 7.87. The number of anilines is 1. The van der Waals surface area contributed by atoms with Gasteiger partial charge in [-0.2, -0.15) is 8.42 Å². The highest BCUT2D eigenvalue weighted by Crippen LogP contribution is 2.27. The maximum absolute atomic E-state index is 12.3. The molecular formula is C16H17NO5S. The van der Waals surface area contributed by atoms with E-state index in [1.54, 1.807) is 30.3 Å². The summed E-state index contributed by atoms with van der Waals surface area (Å²) in [5, 5.41) is 2.52. The van der Waals surface area contributed by atoms with E-state index < -0.39 is 10.1 Å². The Bertz CT molecular complexity index is 784.